The lowest BCUT2D eigenvalue weighted by Crippen LogP contribution is -2.31. The number of hydrogen-bond acceptors (Lipinski definition) is 2. The standard InChI is InChI=1S/C17H24ClNO/c1-20-16-5-4-14(12-15(16)18)19-13-6-10-17(11-7-13)8-2-3-9-17/h4-5,12-13,19H,2-3,6-11H2,1H3. The van der Waals surface area contributed by atoms with E-state index < -0.39 is 0 Å². The van der Waals surface area contributed by atoms with Gasteiger partial charge in [0.2, 0.25) is 0 Å². The number of halogens is 1. The zero-order valence-corrected chi connectivity index (χ0v) is 13.0. The van der Waals surface area contributed by atoms with Gasteiger partial charge in [-0.3, -0.25) is 0 Å². The average Bonchev–Trinajstić information content (AvgIpc) is 2.90. The number of methoxy groups -OCH3 is 1. The highest BCUT2D eigenvalue weighted by atomic mass is 35.5. The summed E-state index contributed by atoms with van der Waals surface area (Å²) in [5.74, 6) is 0.741. The molecular formula is C17H24ClNO. The lowest BCUT2D eigenvalue weighted by atomic mass is 9.71. The second kappa shape index (κ2) is 5.85. The van der Waals surface area contributed by atoms with E-state index in [2.05, 4.69) is 11.4 Å². The Morgan fingerprint density at radius 2 is 1.85 bits per heavy atom. The first-order chi connectivity index (χ1) is 9.71. The van der Waals surface area contributed by atoms with E-state index in [1.165, 1.54) is 51.4 Å². The number of ether oxygens (including phenoxy) is 1. The van der Waals surface area contributed by atoms with Crippen molar-refractivity contribution in [2.75, 3.05) is 12.4 Å². The molecule has 1 aromatic carbocycles. The van der Waals surface area contributed by atoms with Crippen LogP contribution in [0, 0.1) is 5.41 Å². The maximum atomic E-state index is 6.18. The van der Waals surface area contributed by atoms with Gasteiger partial charge in [0.05, 0.1) is 12.1 Å². The predicted octanol–water partition coefficient (Wildman–Crippen LogP) is 5.26. The molecule has 2 aliphatic rings. The third-order valence-electron chi connectivity index (χ3n) is 5.23. The molecule has 2 saturated carbocycles. The molecule has 0 saturated heterocycles. The fourth-order valence-corrected chi connectivity index (χ4v) is 4.25. The highest BCUT2D eigenvalue weighted by Gasteiger charge is 2.37. The highest BCUT2D eigenvalue weighted by Crippen LogP contribution is 2.49. The summed E-state index contributed by atoms with van der Waals surface area (Å²) in [7, 11) is 1.65. The Morgan fingerprint density at radius 3 is 2.45 bits per heavy atom. The Hall–Kier alpha value is -0.890. The first-order valence-corrected chi connectivity index (χ1v) is 8.19. The minimum atomic E-state index is 0.602. The van der Waals surface area contributed by atoms with E-state index in [0.717, 1.165) is 11.4 Å². The van der Waals surface area contributed by atoms with Crippen molar-refractivity contribution in [3.63, 3.8) is 0 Å². The molecule has 2 nitrogen and oxygen atoms in total. The molecule has 0 aromatic heterocycles. The first kappa shape index (κ1) is 14.1. The van der Waals surface area contributed by atoms with Crippen LogP contribution in [0.2, 0.25) is 5.02 Å². The van der Waals surface area contributed by atoms with Crippen molar-refractivity contribution in [1.82, 2.24) is 0 Å². The summed E-state index contributed by atoms with van der Waals surface area (Å²) >= 11 is 6.18. The summed E-state index contributed by atoms with van der Waals surface area (Å²) in [6.07, 6.45) is 11.2. The molecule has 0 unspecified atom stereocenters. The third kappa shape index (κ3) is 2.90. The summed E-state index contributed by atoms with van der Waals surface area (Å²) in [5, 5.41) is 4.32. The van der Waals surface area contributed by atoms with Gasteiger partial charge in [-0.05, 0) is 62.1 Å². The fourth-order valence-electron chi connectivity index (χ4n) is 3.99. The summed E-state index contributed by atoms with van der Waals surface area (Å²) < 4.78 is 5.19. The molecule has 0 amide bonds. The van der Waals surface area contributed by atoms with Crippen LogP contribution in [-0.2, 0) is 0 Å². The van der Waals surface area contributed by atoms with E-state index in [4.69, 9.17) is 16.3 Å². The van der Waals surface area contributed by atoms with Gasteiger partial charge in [0.25, 0.3) is 0 Å². The molecule has 1 N–H and O–H groups in total. The lowest BCUT2D eigenvalue weighted by Gasteiger charge is -2.37. The molecule has 0 radical (unpaired) electrons. The maximum Gasteiger partial charge on any atom is 0.137 e. The van der Waals surface area contributed by atoms with Gasteiger partial charge in [-0.15, -0.1) is 0 Å². The van der Waals surface area contributed by atoms with Crippen molar-refractivity contribution in [2.45, 2.75) is 57.4 Å². The average molecular weight is 294 g/mol. The zero-order chi connectivity index (χ0) is 14.0. The van der Waals surface area contributed by atoms with Gasteiger partial charge in [0.1, 0.15) is 5.75 Å². The van der Waals surface area contributed by atoms with Crippen LogP contribution in [0.25, 0.3) is 0 Å². The van der Waals surface area contributed by atoms with Gasteiger partial charge >= 0.3 is 0 Å². The third-order valence-corrected chi connectivity index (χ3v) is 5.53. The van der Waals surface area contributed by atoms with Crippen molar-refractivity contribution < 1.29 is 4.74 Å². The van der Waals surface area contributed by atoms with Gasteiger partial charge in [0, 0.05) is 11.7 Å². The number of anilines is 1. The monoisotopic (exact) mass is 293 g/mol. The molecule has 3 heteroatoms. The number of rotatable bonds is 3. The normalized spacial score (nSPS) is 22.1. The van der Waals surface area contributed by atoms with Crippen LogP contribution in [0.5, 0.6) is 5.75 Å². The molecule has 1 spiro atoms. The molecule has 1 aromatic rings. The summed E-state index contributed by atoms with van der Waals surface area (Å²) in [5.41, 5.74) is 1.82. The molecule has 0 aliphatic heterocycles. The van der Waals surface area contributed by atoms with E-state index in [1.54, 1.807) is 7.11 Å². The van der Waals surface area contributed by atoms with Crippen LogP contribution in [0.4, 0.5) is 5.69 Å². The van der Waals surface area contributed by atoms with Crippen LogP contribution < -0.4 is 10.1 Å². The van der Waals surface area contributed by atoms with Gasteiger partial charge < -0.3 is 10.1 Å². The zero-order valence-electron chi connectivity index (χ0n) is 12.3. The predicted molar refractivity (Wildman–Crippen MR) is 84.8 cm³/mol. The molecule has 0 atom stereocenters. The van der Waals surface area contributed by atoms with E-state index in [9.17, 15) is 0 Å². The van der Waals surface area contributed by atoms with Crippen molar-refractivity contribution in [2.24, 2.45) is 5.41 Å². The summed E-state index contributed by atoms with van der Waals surface area (Å²) in [6.45, 7) is 0. The second-order valence-electron chi connectivity index (χ2n) is 6.48. The largest absolute Gasteiger partial charge is 0.495 e. The SMILES string of the molecule is COc1ccc(NC2CCC3(CCCC3)CC2)cc1Cl. The highest BCUT2D eigenvalue weighted by molar-refractivity contribution is 6.32. The quantitative estimate of drug-likeness (QED) is 0.820. The molecule has 20 heavy (non-hydrogen) atoms. The molecule has 110 valence electrons. The summed E-state index contributed by atoms with van der Waals surface area (Å²) in [6, 6.07) is 6.57. The van der Waals surface area contributed by atoms with Crippen LogP contribution in [0.3, 0.4) is 0 Å². The van der Waals surface area contributed by atoms with Gasteiger partial charge in [-0.2, -0.15) is 0 Å². The lowest BCUT2D eigenvalue weighted by molar-refractivity contribution is 0.188. The van der Waals surface area contributed by atoms with E-state index in [-0.39, 0.29) is 0 Å². The van der Waals surface area contributed by atoms with E-state index in [1.807, 2.05) is 12.1 Å². The Bertz CT molecular complexity index is 458. The molecule has 3 rings (SSSR count). The van der Waals surface area contributed by atoms with Crippen LogP contribution in [-0.4, -0.2) is 13.2 Å². The molecular weight excluding hydrogens is 270 g/mol. The van der Waals surface area contributed by atoms with Crippen molar-refractivity contribution in [1.29, 1.82) is 0 Å². The van der Waals surface area contributed by atoms with Crippen molar-refractivity contribution >= 4 is 17.3 Å². The van der Waals surface area contributed by atoms with Crippen LogP contribution in [0.15, 0.2) is 18.2 Å². The smallest absolute Gasteiger partial charge is 0.137 e. The van der Waals surface area contributed by atoms with E-state index in [0.29, 0.717) is 16.5 Å². The van der Waals surface area contributed by atoms with Crippen LogP contribution in [0.1, 0.15) is 51.4 Å². The Kier molecular flexibility index (Phi) is 4.11. The molecule has 2 aliphatic carbocycles. The van der Waals surface area contributed by atoms with Crippen molar-refractivity contribution in [3.05, 3.63) is 23.2 Å². The van der Waals surface area contributed by atoms with Gasteiger partial charge in [-0.25, -0.2) is 0 Å². The number of benzene rings is 1. The minimum absolute atomic E-state index is 0.602. The van der Waals surface area contributed by atoms with Gasteiger partial charge in [-0.1, -0.05) is 24.4 Å². The number of hydrogen-bond donors (Lipinski definition) is 1. The first-order valence-electron chi connectivity index (χ1n) is 7.81. The molecule has 0 bridgehead atoms. The number of nitrogens with one attached hydrogen (secondary N) is 1. The fraction of sp³-hybridized carbons (Fsp3) is 0.647. The Labute approximate surface area is 126 Å². The minimum Gasteiger partial charge on any atom is -0.495 e. The molecule has 0 heterocycles. The summed E-state index contributed by atoms with van der Waals surface area (Å²) in [4.78, 5) is 0. The van der Waals surface area contributed by atoms with E-state index >= 15 is 0 Å². The topological polar surface area (TPSA) is 21.3 Å². The van der Waals surface area contributed by atoms with Crippen molar-refractivity contribution in [3.8, 4) is 5.75 Å². The molecule has 2 fully saturated rings. The van der Waals surface area contributed by atoms with Gasteiger partial charge in [0.15, 0.2) is 0 Å². The second-order valence-corrected chi connectivity index (χ2v) is 6.88. The van der Waals surface area contributed by atoms with Crippen LogP contribution >= 0.6 is 11.6 Å². The maximum absolute atomic E-state index is 6.18. The Morgan fingerprint density at radius 1 is 1.15 bits per heavy atom. The Balaban J connectivity index is 1.58.